The molecule has 0 N–H and O–H groups in total. The lowest BCUT2D eigenvalue weighted by Crippen LogP contribution is -2.49. The largest absolute Gasteiger partial charge is 0.353 e. The number of benzene rings is 1. The fourth-order valence-electron chi connectivity index (χ4n) is 8.02. The summed E-state index contributed by atoms with van der Waals surface area (Å²) in [5, 5.41) is 1.25. The van der Waals surface area contributed by atoms with E-state index in [-0.39, 0.29) is 41.3 Å². The van der Waals surface area contributed by atoms with Gasteiger partial charge in [-0.05, 0) is 60.7 Å². The molecule has 7 rings (SSSR count). The summed E-state index contributed by atoms with van der Waals surface area (Å²) in [6.07, 6.45) is 5.94. The fraction of sp³-hybridized carbons (Fsp3) is 0.643. The van der Waals surface area contributed by atoms with Crippen LogP contribution in [-0.4, -0.2) is 71.0 Å². The average molecular weight is 507 g/mol. The smallest absolute Gasteiger partial charge is 0.233 e. The average Bonchev–Trinajstić information content (AvgIpc) is 3.64. The Morgan fingerprint density at radius 1 is 0.889 bits per heavy atom. The monoisotopic (exact) mass is 506 g/mol. The van der Waals surface area contributed by atoms with E-state index in [4.69, 9.17) is 4.37 Å². The molecular weight excluding hydrogens is 472 g/mol. The maximum absolute atomic E-state index is 13.3. The van der Waals surface area contributed by atoms with Crippen LogP contribution in [0.2, 0.25) is 0 Å². The summed E-state index contributed by atoms with van der Waals surface area (Å²) in [5.74, 6) is 1.58. The molecule has 2 aliphatic heterocycles. The van der Waals surface area contributed by atoms with Crippen LogP contribution in [0.1, 0.15) is 38.5 Å². The van der Waals surface area contributed by atoms with Crippen LogP contribution < -0.4 is 4.90 Å². The van der Waals surface area contributed by atoms with Gasteiger partial charge >= 0.3 is 0 Å². The molecule has 6 atom stereocenters. The fourth-order valence-corrected chi connectivity index (χ4v) is 8.81. The van der Waals surface area contributed by atoms with Crippen LogP contribution in [0, 0.1) is 35.5 Å². The number of anilines is 1. The Bertz CT molecular complexity index is 1200. The van der Waals surface area contributed by atoms with Crippen LogP contribution in [0.4, 0.5) is 5.82 Å². The molecule has 2 amide bonds. The Kier molecular flexibility index (Phi) is 5.65. The lowest BCUT2D eigenvalue weighted by molar-refractivity contribution is -0.142. The molecule has 3 aliphatic carbocycles. The zero-order valence-corrected chi connectivity index (χ0v) is 21.5. The summed E-state index contributed by atoms with van der Waals surface area (Å²) in [6.45, 7) is 5.61. The molecule has 2 bridgehead atoms. The van der Waals surface area contributed by atoms with E-state index in [0.29, 0.717) is 24.8 Å². The number of carbonyl (C=O) groups is 3. The van der Waals surface area contributed by atoms with Crippen LogP contribution in [0.5, 0.6) is 0 Å². The number of piperazine rings is 1. The number of hydrogen-bond acceptors (Lipinski definition) is 7. The molecule has 7 nitrogen and oxygen atoms in total. The highest BCUT2D eigenvalue weighted by atomic mass is 32.1. The third-order valence-electron chi connectivity index (χ3n) is 9.87. The van der Waals surface area contributed by atoms with Crippen molar-refractivity contribution in [3.63, 3.8) is 0 Å². The van der Waals surface area contributed by atoms with Crippen molar-refractivity contribution in [3.8, 4) is 0 Å². The first-order chi connectivity index (χ1) is 17.6. The second kappa shape index (κ2) is 8.91. The normalized spacial score (nSPS) is 34.8. The molecule has 0 spiro atoms. The predicted octanol–water partition coefficient (Wildman–Crippen LogP) is 3.43. The number of Topliss-reactive ketones (excluding diaryl/α,β-unsaturated/α-hetero) is 1. The first kappa shape index (κ1) is 22.8. The van der Waals surface area contributed by atoms with Gasteiger partial charge in [-0.1, -0.05) is 25.0 Å². The molecular formula is C28H34N4O3S. The van der Waals surface area contributed by atoms with Crippen molar-refractivity contribution in [3.05, 3.63) is 24.3 Å². The van der Waals surface area contributed by atoms with Gasteiger partial charge in [0.25, 0.3) is 0 Å². The van der Waals surface area contributed by atoms with Gasteiger partial charge in [0.2, 0.25) is 11.8 Å². The van der Waals surface area contributed by atoms with Gasteiger partial charge in [-0.25, -0.2) is 0 Å². The van der Waals surface area contributed by atoms with Gasteiger partial charge in [0, 0.05) is 57.0 Å². The maximum atomic E-state index is 13.3. The third kappa shape index (κ3) is 3.63. The summed E-state index contributed by atoms with van der Waals surface area (Å²) >= 11 is 1.58. The second-order valence-corrected chi connectivity index (χ2v) is 12.5. The quantitative estimate of drug-likeness (QED) is 0.579. The van der Waals surface area contributed by atoms with Crippen molar-refractivity contribution in [2.75, 3.05) is 44.2 Å². The highest BCUT2D eigenvalue weighted by Crippen LogP contribution is 2.54. The van der Waals surface area contributed by atoms with Gasteiger partial charge in [0.15, 0.2) is 0 Å². The number of ketones is 1. The molecule has 3 heterocycles. The number of nitrogens with zero attached hydrogens (tertiary/aromatic N) is 4. The number of amides is 2. The first-order valence-corrected chi connectivity index (χ1v) is 14.6. The molecule has 36 heavy (non-hydrogen) atoms. The number of rotatable bonds is 5. The second-order valence-electron chi connectivity index (χ2n) is 11.7. The van der Waals surface area contributed by atoms with Crippen LogP contribution >= 0.6 is 11.5 Å². The molecule has 5 unspecified atom stereocenters. The molecule has 8 heteroatoms. The number of likely N-dealkylation sites (tertiary alicyclic amines) is 1. The molecule has 2 aromatic rings. The van der Waals surface area contributed by atoms with E-state index in [2.05, 4.69) is 34.1 Å². The maximum Gasteiger partial charge on any atom is 0.233 e. The van der Waals surface area contributed by atoms with Crippen LogP contribution in [-0.2, 0) is 14.4 Å². The molecule has 1 aromatic carbocycles. The topological polar surface area (TPSA) is 73.8 Å². The van der Waals surface area contributed by atoms with E-state index in [9.17, 15) is 14.4 Å². The van der Waals surface area contributed by atoms with Crippen LogP contribution in [0.25, 0.3) is 10.1 Å². The number of carbonyl (C=O) groups excluding carboxylic acids is 3. The third-order valence-corrected chi connectivity index (χ3v) is 10.7. The molecule has 5 fully saturated rings. The van der Waals surface area contributed by atoms with Gasteiger partial charge < -0.3 is 4.90 Å². The lowest BCUT2D eigenvalue weighted by atomic mass is 9.78. The van der Waals surface area contributed by atoms with Crippen molar-refractivity contribution in [1.82, 2.24) is 14.2 Å². The van der Waals surface area contributed by atoms with Crippen molar-refractivity contribution >= 4 is 45.0 Å². The lowest BCUT2D eigenvalue weighted by Gasteiger charge is -2.40. The van der Waals surface area contributed by atoms with Crippen LogP contribution in [0.3, 0.4) is 0 Å². The standard InChI is InChI=1S/C28H34N4O3S/c33-22-14-19-13-21(22)25-24(19)27(34)32(28(25)35)16-18-6-2-1-5-17(18)15-30-9-11-31(12-10-30)26-20-7-3-4-8-23(20)36-29-26/h3-4,7-8,17-19,21,24-25H,1-2,5-6,9-16H2/t17?,18-,19?,21?,24?,25?/m0/s1. The van der Waals surface area contributed by atoms with E-state index in [1.54, 1.807) is 16.4 Å². The van der Waals surface area contributed by atoms with Crippen molar-refractivity contribution in [1.29, 1.82) is 0 Å². The predicted molar refractivity (Wildman–Crippen MR) is 139 cm³/mol. The Hall–Kier alpha value is -2.32. The molecule has 1 aromatic heterocycles. The van der Waals surface area contributed by atoms with Crippen molar-refractivity contribution in [2.24, 2.45) is 35.5 Å². The van der Waals surface area contributed by atoms with E-state index < -0.39 is 0 Å². The summed E-state index contributed by atoms with van der Waals surface area (Å²) in [6, 6.07) is 8.47. The molecule has 190 valence electrons. The van der Waals surface area contributed by atoms with Crippen molar-refractivity contribution in [2.45, 2.75) is 38.5 Å². The Labute approximate surface area is 216 Å². The van der Waals surface area contributed by atoms with E-state index >= 15 is 0 Å². The highest BCUT2D eigenvalue weighted by Gasteiger charge is 2.64. The van der Waals surface area contributed by atoms with Gasteiger partial charge in [-0.3, -0.25) is 24.2 Å². The van der Waals surface area contributed by atoms with Gasteiger partial charge in [-0.15, -0.1) is 0 Å². The summed E-state index contributed by atoms with van der Waals surface area (Å²) in [7, 11) is 0. The minimum atomic E-state index is -0.347. The first-order valence-electron chi connectivity index (χ1n) is 13.8. The zero-order valence-electron chi connectivity index (χ0n) is 20.7. The molecule has 0 radical (unpaired) electrons. The minimum Gasteiger partial charge on any atom is -0.353 e. The highest BCUT2D eigenvalue weighted by molar-refractivity contribution is 7.13. The summed E-state index contributed by atoms with van der Waals surface area (Å²) in [5.41, 5.74) is 0. The zero-order chi connectivity index (χ0) is 24.4. The minimum absolute atomic E-state index is 0.0263. The van der Waals surface area contributed by atoms with E-state index in [1.165, 1.54) is 29.3 Å². The summed E-state index contributed by atoms with van der Waals surface area (Å²) < 4.78 is 5.99. The number of imide groups is 1. The van der Waals surface area contributed by atoms with Crippen molar-refractivity contribution < 1.29 is 14.4 Å². The number of fused-ring (bicyclic) bond motifs is 6. The molecule has 2 saturated heterocycles. The Morgan fingerprint density at radius 3 is 2.42 bits per heavy atom. The number of aromatic nitrogens is 1. The number of hydrogen-bond donors (Lipinski definition) is 0. The molecule has 3 saturated carbocycles. The van der Waals surface area contributed by atoms with Crippen LogP contribution in [0.15, 0.2) is 24.3 Å². The molecule has 5 aliphatic rings. The Morgan fingerprint density at radius 2 is 1.61 bits per heavy atom. The van der Waals surface area contributed by atoms with E-state index in [0.717, 1.165) is 51.4 Å². The van der Waals surface area contributed by atoms with Gasteiger partial charge in [-0.2, -0.15) is 4.37 Å². The van der Waals surface area contributed by atoms with Gasteiger partial charge in [0.1, 0.15) is 11.6 Å². The van der Waals surface area contributed by atoms with E-state index in [1.807, 2.05) is 0 Å². The Balaban J connectivity index is 0.990. The van der Waals surface area contributed by atoms with Gasteiger partial charge in [0.05, 0.1) is 16.5 Å². The SMILES string of the molecule is O=C1CC2CC1C1C(=O)N(C[C@@H]3CCCCC3CN3CCN(c4nsc5ccccc45)CC3)C(=O)C21. The summed E-state index contributed by atoms with van der Waals surface area (Å²) in [4.78, 5) is 45.4.